The zero-order valence-corrected chi connectivity index (χ0v) is 12.8. The molecule has 0 radical (unpaired) electrons. The van der Waals surface area contributed by atoms with Gasteiger partial charge in [0.15, 0.2) is 0 Å². The molecule has 24 heavy (non-hydrogen) atoms. The molecule has 0 spiro atoms. The van der Waals surface area contributed by atoms with Crippen molar-refractivity contribution < 1.29 is 9.21 Å². The number of carbonyl (C=O) groups excluding carboxylic acids is 1. The first kappa shape index (κ1) is 15.4. The largest absolute Gasteiger partial charge is 0.465 e. The smallest absolute Gasteiger partial charge is 0.264 e. The number of carbonyl (C=O) groups is 1. The summed E-state index contributed by atoms with van der Waals surface area (Å²) < 4.78 is 5.14. The highest BCUT2D eigenvalue weighted by molar-refractivity contribution is 6.13. The van der Waals surface area contributed by atoms with Gasteiger partial charge in [-0.1, -0.05) is 30.3 Å². The highest BCUT2D eigenvalue weighted by Gasteiger charge is 2.07. The van der Waals surface area contributed by atoms with E-state index in [9.17, 15) is 4.79 Å². The Morgan fingerprint density at radius 3 is 2.46 bits per heavy atom. The van der Waals surface area contributed by atoms with Gasteiger partial charge in [0.1, 0.15) is 5.76 Å². The number of amides is 1. The predicted octanol–water partition coefficient (Wildman–Crippen LogP) is 3.26. The number of furan rings is 1. The quantitative estimate of drug-likeness (QED) is 0.446. The minimum atomic E-state index is -0.339. The molecular formula is C19H15N3O2. The van der Waals surface area contributed by atoms with Crippen LogP contribution in [0.15, 0.2) is 88.8 Å². The lowest BCUT2D eigenvalue weighted by Gasteiger charge is -2.06. The Kier molecular flexibility index (Phi) is 4.94. The summed E-state index contributed by atoms with van der Waals surface area (Å²) in [6.45, 7) is 0. The van der Waals surface area contributed by atoms with Gasteiger partial charge in [-0.05, 0) is 30.3 Å². The second-order valence-electron chi connectivity index (χ2n) is 4.89. The van der Waals surface area contributed by atoms with Gasteiger partial charge in [-0.2, -0.15) is 5.10 Å². The van der Waals surface area contributed by atoms with E-state index in [4.69, 9.17) is 4.42 Å². The van der Waals surface area contributed by atoms with Crippen LogP contribution in [0.25, 0.3) is 6.08 Å². The lowest BCUT2D eigenvalue weighted by Crippen LogP contribution is -2.18. The van der Waals surface area contributed by atoms with Crippen molar-refractivity contribution in [1.29, 1.82) is 0 Å². The third-order valence-electron chi connectivity index (χ3n) is 3.22. The highest BCUT2D eigenvalue weighted by Crippen LogP contribution is 2.09. The first-order valence-corrected chi connectivity index (χ1v) is 7.38. The van der Waals surface area contributed by atoms with E-state index in [-0.39, 0.29) is 5.91 Å². The number of aromatic nitrogens is 1. The molecule has 0 bridgehead atoms. The minimum Gasteiger partial charge on any atom is -0.465 e. The number of hydrazone groups is 1. The van der Waals surface area contributed by atoms with E-state index in [1.54, 1.807) is 36.9 Å². The SMILES string of the molecule is O=C(/C=C/c1ccco1)N/N=C(/c1ccccc1)c1ccncc1. The molecule has 3 aromatic rings. The molecule has 118 valence electrons. The van der Waals surface area contributed by atoms with E-state index in [1.165, 1.54) is 6.08 Å². The van der Waals surface area contributed by atoms with Crippen LogP contribution in [-0.4, -0.2) is 16.6 Å². The molecule has 1 N–H and O–H groups in total. The van der Waals surface area contributed by atoms with Gasteiger partial charge in [-0.15, -0.1) is 0 Å². The number of benzene rings is 1. The monoisotopic (exact) mass is 317 g/mol. The van der Waals surface area contributed by atoms with E-state index < -0.39 is 0 Å². The Hall–Kier alpha value is -3.47. The van der Waals surface area contributed by atoms with Gasteiger partial charge < -0.3 is 4.42 Å². The molecule has 0 atom stereocenters. The zero-order chi connectivity index (χ0) is 16.6. The molecule has 2 heterocycles. The van der Waals surface area contributed by atoms with E-state index in [2.05, 4.69) is 15.5 Å². The van der Waals surface area contributed by atoms with Crippen LogP contribution in [0.3, 0.4) is 0 Å². The molecule has 3 rings (SSSR count). The molecule has 0 aliphatic heterocycles. The van der Waals surface area contributed by atoms with Crippen LogP contribution >= 0.6 is 0 Å². The summed E-state index contributed by atoms with van der Waals surface area (Å²) in [7, 11) is 0. The number of rotatable bonds is 5. The maximum Gasteiger partial charge on any atom is 0.264 e. The number of pyridine rings is 1. The van der Waals surface area contributed by atoms with Crippen LogP contribution in [0, 0.1) is 0 Å². The first-order valence-electron chi connectivity index (χ1n) is 7.38. The summed E-state index contributed by atoms with van der Waals surface area (Å²) in [5, 5.41) is 4.27. The lowest BCUT2D eigenvalue weighted by molar-refractivity contribution is -0.116. The predicted molar refractivity (Wildman–Crippen MR) is 92.2 cm³/mol. The second kappa shape index (κ2) is 7.69. The maximum absolute atomic E-state index is 11.9. The molecule has 0 saturated heterocycles. The Labute approximate surface area is 139 Å². The van der Waals surface area contributed by atoms with E-state index in [0.29, 0.717) is 11.5 Å². The molecule has 0 saturated carbocycles. The Balaban J connectivity index is 1.81. The number of nitrogens with zero attached hydrogens (tertiary/aromatic N) is 2. The summed E-state index contributed by atoms with van der Waals surface area (Å²) in [6, 6.07) is 16.8. The van der Waals surface area contributed by atoms with Crippen molar-refractivity contribution >= 4 is 17.7 Å². The molecule has 0 aliphatic rings. The van der Waals surface area contributed by atoms with Crippen LogP contribution in [0.1, 0.15) is 16.9 Å². The zero-order valence-electron chi connectivity index (χ0n) is 12.8. The van der Waals surface area contributed by atoms with Crippen LogP contribution in [0.2, 0.25) is 0 Å². The second-order valence-corrected chi connectivity index (χ2v) is 4.89. The topological polar surface area (TPSA) is 67.5 Å². The Morgan fingerprint density at radius 2 is 1.75 bits per heavy atom. The van der Waals surface area contributed by atoms with Crippen molar-refractivity contribution in [3.8, 4) is 0 Å². The van der Waals surface area contributed by atoms with Crippen LogP contribution < -0.4 is 5.43 Å². The highest BCUT2D eigenvalue weighted by atomic mass is 16.3. The molecule has 1 amide bonds. The van der Waals surface area contributed by atoms with E-state index >= 15 is 0 Å². The summed E-state index contributed by atoms with van der Waals surface area (Å²) in [5.74, 6) is 0.264. The van der Waals surface area contributed by atoms with Gasteiger partial charge in [-0.25, -0.2) is 5.43 Å². The van der Waals surface area contributed by atoms with Crippen molar-refractivity contribution in [2.24, 2.45) is 5.10 Å². The minimum absolute atomic E-state index is 0.339. The summed E-state index contributed by atoms with van der Waals surface area (Å²) in [4.78, 5) is 16.0. The Morgan fingerprint density at radius 1 is 1.00 bits per heavy atom. The van der Waals surface area contributed by atoms with Crippen LogP contribution in [-0.2, 0) is 4.79 Å². The van der Waals surface area contributed by atoms with Crippen molar-refractivity contribution in [2.45, 2.75) is 0 Å². The molecule has 0 unspecified atom stereocenters. The standard InChI is InChI=1S/C19H15N3O2/c23-18(9-8-17-7-4-14-24-17)21-22-19(15-5-2-1-3-6-15)16-10-12-20-13-11-16/h1-14H,(H,21,23)/b9-8+,22-19-. The van der Waals surface area contributed by atoms with Crippen molar-refractivity contribution in [3.63, 3.8) is 0 Å². The fourth-order valence-corrected chi connectivity index (χ4v) is 2.09. The van der Waals surface area contributed by atoms with Crippen LogP contribution in [0.5, 0.6) is 0 Å². The molecule has 0 fully saturated rings. The lowest BCUT2D eigenvalue weighted by atomic mass is 10.0. The van der Waals surface area contributed by atoms with E-state index in [1.807, 2.05) is 42.5 Å². The van der Waals surface area contributed by atoms with Crippen molar-refractivity contribution in [1.82, 2.24) is 10.4 Å². The van der Waals surface area contributed by atoms with Crippen molar-refractivity contribution in [3.05, 3.63) is 96.2 Å². The van der Waals surface area contributed by atoms with Gasteiger partial charge in [0.25, 0.3) is 5.91 Å². The number of hydrogen-bond donors (Lipinski definition) is 1. The molecule has 1 aromatic carbocycles. The molecule has 0 aliphatic carbocycles. The molecule has 5 nitrogen and oxygen atoms in total. The summed E-state index contributed by atoms with van der Waals surface area (Å²) in [5.41, 5.74) is 4.98. The van der Waals surface area contributed by atoms with Gasteiger partial charge in [0.05, 0.1) is 12.0 Å². The number of hydrogen-bond acceptors (Lipinski definition) is 4. The van der Waals surface area contributed by atoms with Gasteiger partial charge in [0.2, 0.25) is 0 Å². The molecular weight excluding hydrogens is 302 g/mol. The molecule has 5 heteroatoms. The maximum atomic E-state index is 11.9. The average Bonchev–Trinajstić information content (AvgIpc) is 3.16. The van der Waals surface area contributed by atoms with E-state index in [0.717, 1.165) is 11.1 Å². The van der Waals surface area contributed by atoms with Crippen molar-refractivity contribution in [2.75, 3.05) is 0 Å². The number of nitrogens with one attached hydrogen (secondary N) is 1. The van der Waals surface area contributed by atoms with Gasteiger partial charge in [0, 0.05) is 29.6 Å². The summed E-state index contributed by atoms with van der Waals surface area (Å²) in [6.07, 6.45) is 7.88. The summed E-state index contributed by atoms with van der Waals surface area (Å²) >= 11 is 0. The normalized spacial score (nSPS) is 11.6. The fraction of sp³-hybridized carbons (Fsp3) is 0. The molecule has 2 aromatic heterocycles. The third kappa shape index (κ3) is 4.04. The van der Waals surface area contributed by atoms with Gasteiger partial charge >= 0.3 is 0 Å². The average molecular weight is 317 g/mol. The first-order chi connectivity index (χ1) is 11.8. The fourth-order valence-electron chi connectivity index (χ4n) is 2.09. The third-order valence-corrected chi connectivity index (χ3v) is 3.22. The Bertz CT molecular complexity index is 797. The van der Waals surface area contributed by atoms with Gasteiger partial charge in [-0.3, -0.25) is 9.78 Å². The van der Waals surface area contributed by atoms with Crippen LogP contribution in [0.4, 0.5) is 0 Å².